The maximum atomic E-state index is 13.1. The van der Waals surface area contributed by atoms with Crippen molar-refractivity contribution in [2.75, 3.05) is 32.7 Å². The number of carbonyl (C=O) groups excluding carboxylic acids is 2. The highest BCUT2D eigenvalue weighted by Gasteiger charge is 2.39. The molecule has 3 fully saturated rings. The van der Waals surface area contributed by atoms with Crippen LogP contribution in [0.25, 0.3) is 0 Å². The lowest BCUT2D eigenvalue weighted by atomic mass is 9.91. The Labute approximate surface area is 151 Å². The number of amides is 2. The fourth-order valence-corrected chi connectivity index (χ4v) is 4.05. The van der Waals surface area contributed by atoms with Gasteiger partial charge in [-0.1, -0.05) is 6.42 Å². The van der Waals surface area contributed by atoms with Crippen molar-refractivity contribution in [3.05, 3.63) is 0 Å². The van der Waals surface area contributed by atoms with E-state index < -0.39 is 5.60 Å². The van der Waals surface area contributed by atoms with E-state index in [1.807, 2.05) is 25.7 Å². The number of hydrogen-bond donors (Lipinski definition) is 0. The Balaban J connectivity index is 1.58. The zero-order valence-electron chi connectivity index (χ0n) is 16.0. The van der Waals surface area contributed by atoms with Crippen molar-refractivity contribution in [2.45, 2.75) is 77.0 Å². The zero-order valence-corrected chi connectivity index (χ0v) is 16.0. The van der Waals surface area contributed by atoms with E-state index in [-0.39, 0.29) is 18.0 Å². The van der Waals surface area contributed by atoms with E-state index >= 15 is 0 Å². The van der Waals surface area contributed by atoms with Crippen molar-refractivity contribution < 1.29 is 14.3 Å². The summed E-state index contributed by atoms with van der Waals surface area (Å²) in [5.74, 6) is 0.110. The van der Waals surface area contributed by atoms with Crippen LogP contribution in [0.5, 0.6) is 0 Å². The first kappa shape index (κ1) is 18.5. The number of ether oxygens (including phenoxy) is 1. The maximum absolute atomic E-state index is 13.1. The number of hydrogen-bond acceptors (Lipinski definition) is 4. The second-order valence-corrected chi connectivity index (χ2v) is 8.63. The van der Waals surface area contributed by atoms with E-state index in [0.717, 1.165) is 51.5 Å². The molecule has 1 aliphatic carbocycles. The minimum absolute atomic E-state index is 0.110. The molecule has 0 N–H and O–H groups in total. The third-order valence-electron chi connectivity index (χ3n) is 5.60. The molecule has 0 radical (unpaired) electrons. The molecule has 2 saturated heterocycles. The Bertz CT molecular complexity index is 499. The average molecular weight is 351 g/mol. The predicted octanol–water partition coefficient (Wildman–Crippen LogP) is 2.47. The number of likely N-dealkylation sites (tertiary alicyclic amines) is 1. The predicted molar refractivity (Wildman–Crippen MR) is 96.4 cm³/mol. The van der Waals surface area contributed by atoms with Gasteiger partial charge < -0.3 is 9.64 Å². The maximum Gasteiger partial charge on any atom is 0.410 e. The molecule has 6 nitrogen and oxygen atoms in total. The van der Waals surface area contributed by atoms with E-state index in [9.17, 15) is 9.59 Å². The van der Waals surface area contributed by atoms with Crippen LogP contribution in [0.3, 0.4) is 0 Å². The molecule has 25 heavy (non-hydrogen) atoms. The van der Waals surface area contributed by atoms with Gasteiger partial charge in [-0.3, -0.25) is 14.6 Å². The van der Waals surface area contributed by atoms with Gasteiger partial charge in [0.2, 0.25) is 5.91 Å². The molecule has 142 valence electrons. The van der Waals surface area contributed by atoms with Gasteiger partial charge in [0.05, 0.1) is 0 Å². The molecule has 3 aliphatic rings. The van der Waals surface area contributed by atoms with E-state index in [2.05, 4.69) is 4.90 Å². The van der Waals surface area contributed by atoms with Crippen molar-refractivity contribution in [1.29, 1.82) is 0 Å². The standard InChI is InChI=1S/C19H33N3O3/c1-19(2,3)25-18(24)22-12-5-9-16(22)17(23)21-11-6-10-20(13-14-21)15-7-4-8-15/h15-16H,4-14H2,1-3H3/t16-/m1/s1. The lowest BCUT2D eigenvalue weighted by molar-refractivity contribution is -0.135. The zero-order chi connectivity index (χ0) is 18.0. The van der Waals surface area contributed by atoms with Gasteiger partial charge >= 0.3 is 6.09 Å². The Morgan fingerprint density at radius 3 is 2.28 bits per heavy atom. The first-order valence-corrected chi connectivity index (χ1v) is 9.87. The smallest absolute Gasteiger partial charge is 0.410 e. The summed E-state index contributed by atoms with van der Waals surface area (Å²) in [7, 11) is 0. The molecule has 0 bridgehead atoms. The SMILES string of the molecule is CC(C)(C)OC(=O)N1CCC[C@@H]1C(=O)N1CCCN(C2CCC2)CC1. The molecule has 1 saturated carbocycles. The molecule has 2 aliphatic heterocycles. The molecular formula is C19H33N3O3. The fourth-order valence-electron chi connectivity index (χ4n) is 4.05. The van der Waals surface area contributed by atoms with Gasteiger partial charge in [-0.2, -0.15) is 0 Å². The van der Waals surface area contributed by atoms with E-state index in [0.29, 0.717) is 6.54 Å². The Morgan fingerprint density at radius 1 is 0.880 bits per heavy atom. The molecule has 2 heterocycles. The molecule has 1 atom stereocenters. The Hall–Kier alpha value is -1.30. The van der Waals surface area contributed by atoms with Crippen molar-refractivity contribution in [2.24, 2.45) is 0 Å². The van der Waals surface area contributed by atoms with Crippen LogP contribution in [-0.2, 0) is 9.53 Å². The van der Waals surface area contributed by atoms with Crippen LogP contribution in [-0.4, -0.2) is 77.1 Å². The number of carbonyl (C=O) groups is 2. The average Bonchev–Trinajstić information content (AvgIpc) is 2.84. The summed E-state index contributed by atoms with van der Waals surface area (Å²) >= 11 is 0. The highest BCUT2D eigenvalue weighted by molar-refractivity contribution is 5.86. The summed E-state index contributed by atoms with van der Waals surface area (Å²) < 4.78 is 5.49. The van der Waals surface area contributed by atoms with Gasteiger partial charge in [-0.25, -0.2) is 4.79 Å². The van der Waals surface area contributed by atoms with Gasteiger partial charge in [-0.05, 0) is 52.9 Å². The summed E-state index contributed by atoms with van der Waals surface area (Å²) in [5.41, 5.74) is -0.529. The van der Waals surface area contributed by atoms with Crippen LogP contribution in [0.15, 0.2) is 0 Å². The van der Waals surface area contributed by atoms with Gasteiger partial charge in [-0.15, -0.1) is 0 Å². The fraction of sp³-hybridized carbons (Fsp3) is 0.895. The molecule has 0 unspecified atom stereocenters. The van der Waals surface area contributed by atoms with Crippen LogP contribution in [0, 0.1) is 0 Å². The summed E-state index contributed by atoms with van der Waals surface area (Å²) in [6, 6.07) is 0.393. The van der Waals surface area contributed by atoms with Crippen LogP contribution >= 0.6 is 0 Å². The highest BCUT2D eigenvalue weighted by Crippen LogP contribution is 2.27. The van der Waals surface area contributed by atoms with E-state index in [4.69, 9.17) is 4.74 Å². The van der Waals surface area contributed by atoms with E-state index in [1.165, 1.54) is 19.3 Å². The number of rotatable bonds is 2. The van der Waals surface area contributed by atoms with Crippen molar-refractivity contribution in [1.82, 2.24) is 14.7 Å². The monoisotopic (exact) mass is 351 g/mol. The molecule has 3 rings (SSSR count). The summed E-state index contributed by atoms with van der Waals surface area (Å²) in [4.78, 5) is 31.7. The minimum atomic E-state index is -0.529. The minimum Gasteiger partial charge on any atom is -0.444 e. The van der Waals surface area contributed by atoms with Gasteiger partial charge in [0.1, 0.15) is 11.6 Å². The Morgan fingerprint density at radius 2 is 1.64 bits per heavy atom. The van der Waals surface area contributed by atoms with Gasteiger partial charge in [0.25, 0.3) is 0 Å². The molecule has 2 amide bonds. The quantitative estimate of drug-likeness (QED) is 0.767. The highest BCUT2D eigenvalue weighted by atomic mass is 16.6. The first-order valence-electron chi connectivity index (χ1n) is 9.87. The second kappa shape index (κ2) is 7.52. The van der Waals surface area contributed by atoms with Crippen molar-refractivity contribution >= 4 is 12.0 Å². The van der Waals surface area contributed by atoms with E-state index in [1.54, 1.807) is 4.90 Å². The molecule has 0 aromatic heterocycles. The van der Waals surface area contributed by atoms with Crippen LogP contribution in [0.1, 0.15) is 59.3 Å². The second-order valence-electron chi connectivity index (χ2n) is 8.63. The van der Waals surface area contributed by atoms with Gasteiger partial charge in [0.15, 0.2) is 0 Å². The topological polar surface area (TPSA) is 53.1 Å². The molecular weight excluding hydrogens is 318 g/mol. The van der Waals surface area contributed by atoms with Crippen LogP contribution in [0.4, 0.5) is 4.79 Å². The molecule has 0 aromatic carbocycles. The largest absolute Gasteiger partial charge is 0.444 e. The van der Waals surface area contributed by atoms with Crippen molar-refractivity contribution in [3.8, 4) is 0 Å². The van der Waals surface area contributed by atoms with Crippen LogP contribution in [0.2, 0.25) is 0 Å². The summed E-state index contributed by atoms with van der Waals surface area (Å²) in [6.45, 7) is 9.86. The van der Waals surface area contributed by atoms with Crippen molar-refractivity contribution in [3.63, 3.8) is 0 Å². The molecule has 6 heteroatoms. The molecule has 0 spiro atoms. The third-order valence-corrected chi connectivity index (χ3v) is 5.60. The van der Waals surface area contributed by atoms with Crippen LogP contribution < -0.4 is 0 Å². The number of nitrogens with zero attached hydrogens (tertiary/aromatic N) is 3. The lowest BCUT2D eigenvalue weighted by Crippen LogP contribution is -2.50. The summed E-state index contributed by atoms with van der Waals surface area (Å²) in [5, 5.41) is 0. The lowest BCUT2D eigenvalue weighted by Gasteiger charge is -2.37. The molecule has 0 aromatic rings. The van der Waals surface area contributed by atoms with Gasteiger partial charge in [0, 0.05) is 38.8 Å². The Kier molecular flexibility index (Phi) is 5.56. The normalized spacial score (nSPS) is 26.3. The first-order chi connectivity index (χ1) is 11.8. The third kappa shape index (κ3) is 4.46. The summed E-state index contributed by atoms with van der Waals surface area (Å²) in [6.07, 6.45) is 6.26.